The Morgan fingerprint density at radius 1 is 1.45 bits per heavy atom. The van der Waals surface area contributed by atoms with Gasteiger partial charge in [-0.05, 0) is 57.1 Å². The molecule has 2 rings (SSSR count). The number of ether oxygens (including phenoxy) is 2. The molecule has 1 heterocycles. The van der Waals surface area contributed by atoms with Gasteiger partial charge in [0.2, 0.25) is 0 Å². The number of aryl methyl sites for hydroxylation is 1. The minimum Gasteiger partial charge on any atom is -0.493 e. The first-order valence-electron chi connectivity index (χ1n) is 7.75. The van der Waals surface area contributed by atoms with Crippen LogP contribution in [-0.2, 0) is 11.2 Å². The van der Waals surface area contributed by atoms with Gasteiger partial charge in [-0.25, -0.2) is 0 Å². The predicted molar refractivity (Wildman–Crippen MR) is 82.2 cm³/mol. The molecule has 1 aromatic carbocycles. The zero-order valence-corrected chi connectivity index (χ0v) is 12.7. The number of para-hydroxylation sites is 1. The molecule has 112 valence electrons. The van der Waals surface area contributed by atoms with Crippen LogP contribution in [0.2, 0.25) is 0 Å². The number of benzene rings is 1. The maximum atomic E-state index is 6.02. The fraction of sp³-hybridized carbons (Fsp3) is 0.647. The fourth-order valence-electron chi connectivity index (χ4n) is 2.78. The maximum Gasteiger partial charge on any atom is 0.125 e. The molecule has 0 radical (unpaired) electrons. The number of hydrogen-bond donors (Lipinski definition) is 1. The lowest BCUT2D eigenvalue weighted by atomic mass is 10.0. The lowest BCUT2D eigenvalue weighted by molar-refractivity contribution is 0.0980. The van der Waals surface area contributed by atoms with Crippen molar-refractivity contribution in [1.82, 2.24) is 0 Å². The molecule has 2 unspecified atom stereocenters. The Hall–Kier alpha value is -1.06. The van der Waals surface area contributed by atoms with Crippen LogP contribution in [0.1, 0.15) is 43.7 Å². The van der Waals surface area contributed by atoms with Gasteiger partial charge in [0.25, 0.3) is 0 Å². The van der Waals surface area contributed by atoms with E-state index in [9.17, 15) is 0 Å². The monoisotopic (exact) mass is 277 g/mol. The summed E-state index contributed by atoms with van der Waals surface area (Å²) in [6.45, 7) is 5.82. The highest BCUT2D eigenvalue weighted by atomic mass is 16.5. The summed E-state index contributed by atoms with van der Waals surface area (Å²) in [4.78, 5) is 0. The summed E-state index contributed by atoms with van der Waals surface area (Å²) in [6.07, 6.45) is 5.90. The summed E-state index contributed by atoms with van der Waals surface area (Å²) in [6, 6.07) is 6.45. The normalized spacial score (nSPS) is 20.1. The lowest BCUT2D eigenvalue weighted by Crippen LogP contribution is -2.18. The molecule has 0 aliphatic carbocycles. The number of rotatable bonds is 7. The van der Waals surface area contributed by atoms with Crippen LogP contribution in [0.5, 0.6) is 5.75 Å². The molecule has 0 bridgehead atoms. The number of hydrogen-bond acceptors (Lipinski definition) is 3. The van der Waals surface area contributed by atoms with E-state index in [2.05, 4.69) is 25.1 Å². The van der Waals surface area contributed by atoms with Crippen LogP contribution in [0, 0.1) is 6.92 Å². The van der Waals surface area contributed by atoms with Gasteiger partial charge in [0, 0.05) is 12.6 Å². The quantitative estimate of drug-likeness (QED) is 0.778. The predicted octanol–water partition coefficient (Wildman–Crippen LogP) is 3.22. The average Bonchev–Trinajstić information content (AvgIpc) is 2.89. The molecular formula is C17H27NO2. The van der Waals surface area contributed by atoms with Crippen LogP contribution >= 0.6 is 0 Å². The van der Waals surface area contributed by atoms with E-state index in [1.54, 1.807) is 0 Å². The van der Waals surface area contributed by atoms with E-state index < -0.39 is 0 Å². The van der Waals surface area contributed by atoms with Crippen molar-refractivity contribution in [2.24, 2.45) is 5.73 Å². The smallest absolute Gasteiger partial charge is 0.125 e. The van der Waals surface area contributed by atoms with Gasteiger partial charge in [-0.3, -0.25) is 0 Å². The summed E-state index contributed by atoms with van der Waals surface area (Å²) < 4.78 is 11.7. The zero-order valence-electron chi connectivity index (χ0n) is 12.7. The largest absolute Gasteiger partial charge is 0.493 e. The van der Waals surface area contributed by atoms with Crippen LogP contribution in [0.25, 0.3) is 0 Å². The van der Waals surface area contributed by atoms with Crippen LogP contribution in [0.15, 0.2) is 18.2 Å². The third-order valence-corrected chi connectivity index (χ3v) is 3.78. The van der Waals surface area contributed by atoms with Crippen molar-refractivity contribution in [1.29, 1.82) is 0 Å². The zero-order chi connectivity index (χ0) is 14.4. The highest BCUT2D eigenvalue weighted by molar-refractivity contribution is 5.41. The number of nitrogens with two attached hydrogens (primary N) is 1. The molecule has 1 aliphatic rings. The summed E-state index contributed by atoms with van der Waals surface area (Å²) in [5.74, 6) is 1.03. The standard InChI is InChI=1S/C17H27NO2/c1-13-6-3-7-15(12-14(2)18)17(13)20-11-5-9-16-8-4-10-19-16/h3,6-7,14,16H,4-5,8-12,18H2,1-2H3. The Morgan fingerprint density at radius 2 is 2.30 bits per heavy atom. The molecule has 2 N–H and O–H groups in total. The van der Waals surface area contributed by atoms with Gasteiger partial charge in [-0.15, -0.1) is 0 Å². The van der Waals surface area contributed by atoms with Gasteiger partial charge < -0.3 is 15.2 Å². The first-order valence-corrected chi connectivity index (χ1v) is 7.75. The van der Waals surface area contributed by atoms with Crippen molar-refractivity contribution in [2.75, 3.05) is 13.2 Å². The molecule has 0 spiro atoms. The summed E-state index contributed by atoms with van der Waals surface area (Å²) in [7, 11) is 0. The van der Waals surface area contributed by atoms with Crippen molar-refractivity contribution in [3.63, 3.8) is 0 Å². The minimum absolute atomic E-state index is 0.158. The Balaban J connectivity index is 1.84. The summed E-state index contributed by atoms with van der Waals surface area (Å²) in [5, 5.41) is 0. The highest BCUT2D eigenvalue weighted by Crippen LogP contribution is 2.25. The van der Waals surface area contributed by atoms with Gasteiger partial charge >= 0.3 is 0 Å². The average molecular weight is 277 g/mol. The van der Waals surface area contributed by atoms with Gasteiger partial charge in [0.1, 0.15) is 5.75 Å². The van der Waals surface area contributed by atoms with E-state index >= 15 is 0 Å². The van der Waals surface area contributed by atoms with Crippen molar-refractivity contribution in [3.8, 4) is 5.75 Å². The van der Waals surface area contributed by atoms with Crippen molar-refractivity contribution in [3.05, 3.63) is 29.3 Å². The van der Waals surface area contributed by atoms with Crippen molar-refractivity contribution in [2.45, 2.75) is 58.1 Å². The van der Waals surface area contributed by atoms with E-state index in [0.717, 1.165) is 38.2 Å². The molecule has 3 nitrogen and oxygen atoms in total. The van der Waals surface area contributed by atoms with E-state index in [0.29, 0.717) is 6.10 Å². The second-order valence-electron chi connectivity index (χ2n) is 5.87. The Bertz CT molecular complexity index is 411. The molecule has 0 amide bonds. The van der Waals surface area contributed by atoms with Gasteiger partial charge in [0.05, 0.1) is 12.7 Å². The third kappa shape index (κ3) is 4.50. The molecule has 2 atom stereocenters. The Morgan fingerprint density at radius 3 is 3.00 bits per heavy atom. The van der Waals surface area contributed by atoms with Crippen LogP contribution in [0.3, 0.4) is 0 Å². The third-order valence-electron chi connectivity index (χ3n) is 3.78. The molecule has 1 aromatic rings. The van der Waals surface area contributed by atoms with E-state index in [1.807, 2.05) is 6.92 Å². The second kappa shape index (κ2) is 7.65. The minimum atomic E-state index is 0.158. The second-order valence-corrected chi connectivity index (χ2v) is 5.87. The highest BCUT2D eigenvalue weighted by Gasteiger charge is 2.15. The maximum absolute atomic E-state index is 6.02. The molecule has 1 fully saturated rings. The SMILES string of the molecule is Cc1cccc(CC(C)N)c1OCCCC1CCCO1. The van der Waals surface area contributed by atoms with Crippen LogP contribution in [-0.4, -0.2) is 25.4 Å². The first-order chi connectivity index (χ1) is 9.66. The molecule has 0 aromatic heterocycles. The fourth-order valence-corrected chi connectivity index (χ4v) is 2.78. The van der Waals surface area contributed by atoms with Gasteiger partial charge in [-0.1, -0.05) is 18.2 Å². The molecule has 1 saturated heterocycles. The Kier molecular flexibility index (Phi) is 5.86. The van der Waals surface area contributed by atoms with E-state index in [1.165, 1.54) is 24.0 Å². The van der Waals surface area contributed by atoms with E-state index in [4.69, 9.17) is 15.2 Å². The van der Waals surface area contributed by atoms with E-state index in [-0.39, 0.29) is 6.04 Å². The molecule has 0 saturated carbocycles. The first kappa shape index (κ1) is 15.3. The van der Waals surface area contributed by atoms with Crippen molar-refractivity contribution < 1.29 is 9.47 Å². The summed E-state index contributed by atoms with van der Waals surface area (Å²) >= 11 is 0. The molecule has 20 heavy (non-hydrogen) atoms. The molecule has 3 heteroatoms. The molecule has 1 aliphatic heterocycles. The van der Waals surface area contributed by atoms with Crippen LogP contribution in [0.4, 0.5) is 0 Å². The lowest BCUT2D eigenvalue weighted by Gasteiger charge is -2.16. The topological polar surface area (TPSA) is 44.5 Å². The van der Waals surface area contributed by atoms with Crippen LogP contribution < -0.4 is 10.5 Å². The molecular weight excluding hydrogens is 250 g/mol. The Labute approximate surface area is 122 Å². The van der Waals surface area contributed by atoms with Crippen molar-refractivity contribution >= 4 is 0 Å². The van der Waals surface area contributed by atoms with Gasteiger partial charge in [-0.2, -0.15) is 0 Å². The van der Waals surface area contributed by atoms with Gasteiger partial charge in [0.15, 0.2) is 0 Å². The summed E-state index contributed by atoms with van der Waals surface area (Å²) in [5.41, 5.74) is 8.32.